The first-order valence-electron chi connectivity index (χ1n) is 4.04. The van der Waals surface area contributed by atoms with Crippen molar-refractivity contribution in [2.24, 2.45) is 5.14 Å². The average molecular weight is 282 g/mol. The maximum atomic E-state index is 12.0. The highest BCUT2D eigenvalue weighted by Crippen LogP contribution is 2.31. The third-order valence-corrected chi connectivity index (χ3v) is 2.39. The Balaban J connectivity index is 3.45. The zero-order valence-corrected chi connectivity index (χ0v) is 9.21. The number of nitrogens with two attached hydrogens (primary N) is 2. The summed E-state index contributed by atoms with van der Waals surface area (Å²) in [6.45, 7) is 0. The second-order valence-electron chi connectivity index (χ2n) is 2.93. The van der Waals surface area contributed by atoms with E-state index >= 15 is 0 Å². The minimum absolute atomic E-state index is 0.567. The van der Waals surface area contributed by atoms with Gasteiger partial charge in [0.15, 0.2) is 16.5 Å². The molecule has 0 spiro atoms. The van der Waals surface area contributed by atoms with Gasteiger partial charge in [-0.2, -0.15) is 5.26 Å². The van der Waals surface area contributed by atoms with Gasteiger partial charge in [-0.25, -0.2) is 18.5 Å². The molecule has 1 aromatic rings. The molecule has 0 saturated carbocycles. The SMILES string of the molecule is N#Cc1nc(S(N)(=O)=O)cc(N)c1OC(F)(F)F. The number of nitrogens with zero attached hydrogens (tertiary/aromatic N) is 2. The molecule has 0 saturated heterocycles. The number of hydrogen-bond acceptors (Lipinski definition) is 6. The zero-order valence-electron chi connectivity index (χ0n) is 8.39. The molecule has 0 aliphatic rings. The van der Waals surface area contributed by atoms with E-state index in [2.05, 4.69) is 9.72 Å². The van der Waals surface area contributed by atoms with E-state index in [1.54, 1.807) is 0 Å². The van der Waals surface area contributed by atoms with Gasteiger partial charge in [-0.15, -0.1) is 13.2 Å². The molecule has 0 bridgehead atoms. The normalized spacial score (nSPS) is 11.9. The number of ether oxygens (including phenoxy) is 1. The summed E-state index contributed by atoms with van der Waals surface area (Å²) in [4.78, 5) is 3.13. The van der Waals surface area contributed by atoms with Crippen LogP contribution >= 0.6 is 0 Å². The number of nitriles is 1. The van der Waals surface area contributed by atoms with Gasteiger partial charge in [0.05, 0.1) is 5.69 Å². The van der Waals surface area contributed by atoms with Crippen LogP contribution in [0.25, 0.3) is 0 Å². The molecule has 4 N–H and O–H groups in total. The summed E-state index contributed by atoms with van der Waals surface area (Å²) in [7, 11) is -4.30. The van der Waals surface area contributed by atoms with Crippen LogP contribution in [0.4, 0.5) is 18.9 Å². The Morgan fingerprint density at radius 2 is 2.00 bits per heavy atom. The number of hydrogen-bond donors (Lipinski definition) is 2. The number of primary sulfonamides is 1. The van der Waals surface area contributed by atoms with Gasteiger partial charge in [0, 0.05) is 6.07 Å². The predicted molar refractivity (Wildman–Crippen MR) is 51.4 cm³/mol. The van der Waals surface area contributed by atoms with E-state index in [9.17, 15) is 21.6 Å². The molecule has 1 rings (SSSR count). The van der Waals surface area contributed by atoms with Crippen LogP contribution in [-0.2, 0) is 10.0 Å². The summed E-state index contributed by atoms with van der Waals surface area (Å²) < 4.78 is 61.4. The first kappa shape index (κ1) is 14.0. The van der Waals surface area contributed by atoms with Gasteiger partial charge in [-0.1, -0.05) is 0 Å². The summed E-state index contributed by atoms with van der Waals surface area (Å²) in [5.74, 6) is -1.07. The molecule has 7 nitrogen and oxygen atoms in total. The smallest absolute Gasteiger partial charge is 0.400 e. The summed E-state index contributed by atoms with van der Waals surface area (Å²) in [6, 6.07) is 1.80. The standard InChI is InChI=1S/C7H5F3N4O3S/c8-7(9,10)17-6-3(12)1-5(18(13,15)16)14-4(6)2-11/h1H,(H2,12,14)(H2,13,15,16). The van der Waals surface area contributed by atoms with Crippen LogP contribution in [0, 0.1) is 11.3 Å². The van der Waals surface area contributed by atoms with Crippen molar-refractivity contribution >= 4 is 15.7 Å². The van der Waals surface area contributed by atoms with Crippen molar-refractivity contribution in [3.05, 3.63) is 11.8 Å². The van der Waals surface area contributed by atoms with Gasteiger partial charge in [-0.05, 0) is 0 Å². The fraction of sp³-hybridized carbons (Fsp3) is 0.143. The molecular weight excluding hydrogens is 277 g/mol. The molecular formula is C7H5F3N4O3S. The van der Waals surface area contributed by atoms with E-state index in [1.807, 2.05) is 0 Å². The largest absolute Gasteiger partial charge is 0.573 e. The van der Waals surface area contributed by atoms with E-state index in [0.29, 0.717) is 6.07 Å². The highest BCUT2D eigenvalue weighted by molar-refractivity contribution is 7.89. The third kappa shape index (κ3) is 3.22. The van der Waals surface area contributed by atoms with E-state index < -0.39 is 38.5 Å². The minimum Gasteiger partial charge on any atom is -0.400 e. The van der Waals surface area contributed by atoms with Crippen molar-refractivity contribution in [2.45, 2.75) is 11.4 Å². The van der Waals surface area contributed by atoms with Crippen molar-refractivity contribution < 1.29 is 26.3 Å². The Morgan fingerprint density at radius 1 is 1.44 bits per heavy atom. The number of alkyl halides is 3. The molecule has 0 fully saturated rings. The Labute approximate surface area is 98.8 Å². The number of sulfonamides is 1. The molecule has 0 atom stereocenters. The monoisotopic (exact) mass is 282 g/mol. The van der Waals surface area contributed by atoms with Crippen molar-refractivity contribution in [1.82, 2.24) is 4.98 Å². The highest BCUT2D eigenvalue weighted by atomic mass is 32.2. The predicted octanol–water partition coefficient (Wildman–Crippen LogP) is 0.0815. The van der Waals surface area contributed by atoms with Gasteiger partial charge in [0.2, 0.25) is 0 Å². The molecule has 0 amide bonds. The summed E-state index contributed by atoms with van der Waals surface area (Å²) in [5, 5.41) is 12.5. The molecule has 98 valence electrons. The molecule has 11 heteroatoms. The van der Waals surface area contributed by atoms with E-state index in [0.717, 1.165) is 0 Å². The first-order valence-corrected chi connectivity index (χ1v) is 5.58. The van der Waals surface area contributed by atoms with Gasteiger partial charge >= 0.3 is 6.36 Å². The second-order valence-corrected chi connectivity index (χ2v) is 4.44. The van der Waals surface area contributed by atoms with Crippen molar-refractivity contribution in [2.75, 3.05) is 5.73 Å². The number of rotatable bonds is 2. The number of nitrogen functional groups attached to an aromatic ring is 1. The number of aromatic nitrogens is 1. The quantitative estimate of drug-likeness (QED) is 0.789. The number of anilines is 1. The molecule has 0 aliphatic carbocycles. The van der Waals surface area contributed by atoms with Crippen molar-refractivity contribution in [1.29, 1.82) is 5.26 Å². The lowest BCUT2D eigenvalue weighted by Crippen LogP contribution is -2.21. The molecule has 0 aliphatic heterocycles. The van der Waals surface area contributed by atoms with Crippen LogP contribution in [0.5, 0.6) is 5.75 Å². The van der Waals surface area contributed by atoms with Crippen LogP contribution in [-0.4, -0.2) is 19.8 Å². The number of halogens is 3. The Bertz CT molecular complexity index is 620. The molecule has 1 aromatic heterocycles. The molecule has 0 unspecified atom stereocenters. The van der Waals surface area contributed by atoms with Gasteiger partial charge in [0.1, 0.15) is 6.07 Å². The summed E-state index contributed by atoms with van der Waals surface area (Å²) in [5.41, 5.74) is 3.51. The topological polar surface area (TPSA) is 132 Å². The van der Waals surface area contributed by atoms with Crippen molar-refractivity contribution in [3.63, 3.8) is 0 Å². The Morgan fingerprint density at radius 3 is 2.39 bits per heavy atom. The minimum atomic E-state index is -5.09. The summed E-state index contributed by atoms with van der Waals surface area (Å²) in [6.07, 6.45) is -5.09. The molecule has 18 heavy (non-hydrogen) atoms. The van der Waals surface area contributed by atoms with E-state index in [-0.39, 0.29) is 0 Å². The van der Waals surface area contributed by atoms with Crippen LogP contribution in [0.2, 0.25) is 0 Å². The van der Waals surface area contributed by atoms with Crippen molar-refractivity contribution in [3.8, 4) is 11.8 Å². The van der Waals surface area contributed by atoms with E-state index in [4.69, 9.17) is 16.1 Å². The maximum Gasteiger partial charge on any atom is 0.573 e. The van der Waals surface area contributed by atoms with Crippen LogP contribution in [0.3, 0.4) is 0 Å². The summed E-state index contributed by atoms with van der Waals surface area (Å²) >= 11 is 0. The Kier molecular flexibility index (Phi) is 3.36. The second kappa shape index (κ2) is 4.31. The van der Waals surface area contributed by atoms with Gasteiger partial charge < -0.3 is 10.5 Å². The maximum absolute atomic E-state index is 12.0. The molecule has 0 radical (unpaired) electrons. The van der Waals surface area contributed by atoms with Gasteiger partial charge in [-0.3, -0.25) is 0 Å². The lowest BCUT2D eigenvalue weighted by molar-refractivity contribution is -0.274. The third-order valence-electron chi connectivity index (χ3n) is 1.59. The Hall–Kier alpha value is -2.06. The van der Waals surface area contributed by atoms with Crippen LogP contribution < -0.4 is 15.6 Å². The molecule has 0 aromatic carbocycles. The first-order chi connectivity index (χ1) is 8.04. The van der Waals surface area contributed by atoms with Gasteiger partial charge in [0.25, 0.3) is 10.0 Å². The molecule has 1 heterocycles. The lowest BCUT2D eigenvalue weighted by atomic mass is 10.3. The highest BCUT2D eigenvalue weighted by Gasteiger charge is 2.34. The van der Waals surface area contributed by atoms with E-state index in [1.165, 1.54) is 6.07 Å². The zero-order chi connectivity index (χ0) is 14.1. The fourth-order valence-electron chi connectivity index (χ4n) is 0.973. The van der Waals surface area contributed by atoms with Crippen LogP contribution in [0.1, 0.15) is 5.69 Å². The number of pyridine rings is 1. The average Bonchev–Trinajstić information content (AvgIpc) is 2.17. The fourth-order valence-corrected chi connectivity index (χ4v) is 1.48. The van der Waals surface area contributed by atoms with Crippen LogP contribution in [0.15, 0.2) is 11.1 Å². The lowest BCUT2D eigenvalue weighted by Gasteiger charge is -2.12.